The normalized spacial score (nSPS) is 22.2. The lowest BCUT2D eigenvalue weighted by atomic mass is 9.74. The summed E-state index contributed by atoms with van der Waals surface area (Å²) in [4.78, 5) is 24.0. The van der Waals surface area contributed by atoms with Gasteiger partial charge in [0.2, 0.25) is 5.91 Å². The minimum Gasteiger partial charge on any atom is -0.369 e. The van der Waals surface area contributed by atoms with Gasteiger partial charge in [0, 0.05) is 18.6 Å². The summed E-state index contributed by atoms with van der Waals surface area (Å²) in [6, 6.07) is 18.3. The first-order valence-electron chi connectivity index (χ1n) is 9.89. The van der Waals surface area contributed by atoms with Crippen LogP contribution < -0.4 is 5.73 Å². The molecule has 0 bridgehead atoms. The van der Waals surface area contributed by atoms with Gasteiger partial charge >= 0.3 is 0 Å². The van der Waals surface area contributed by atoms with Crippen molar-refractivity contribution < 1.29 is 4.79 Å². The Kier molecular flexibility index (Phi) is 4.61. The number of benzene rings is 2. The number of aromatic nitrogens is 1. The van der Waals surface area contributed by atoms with Crippen LogP contribution in [0.15, 0.2) is 65.8 Å². The molecule has 29 heavy (non-hydrogen) atoms. The van der Waals surface area contributed by atoms with E-state index in [1.54, 1.807) is 13.2 Å². The van der Waals surface area contributed by atoms with Gasteiger partial charge in [-0.05, 0) is 47.7 Å². The molecule has 0 fully saturated rings. The number of amides is 1. The standard InChI is InChI=1S/C24H26N4O/c1-15(2)16-7-9-17(10-8-16)21-22(29)28(4)23(25)27-24(21,3)19-11-12-20-18(14-19)6-5-13-26-20/h5-15,21H,1-4H3,(H2,25,27)/t21-,24-/m1/s1. The number of nitrogens with two attached hydrogens (primary N) is 1. The Bertz CT molecular complexity index is 1100. The molecule has 1 aliphatic heterocycles. The first-order valence-corrected chi connectivity index (χ1v) is 9.89. The van der Waals surface area contributed by atoms with E-state index in [0.717, 1.165) is 22.0 Å². The number of fused-ring (bicyclic) bond motifs is 1. The summed E-state index contributed by atoms with van der Waals surface area (Å²) < 4.78 is 0. The summed E-state index contributed by atoms with van der Waals surface area (Å²) in [5.41, 5.74) is 9.37. The molecule has 1 aliphatic rings. The lowest BCUT2D eigenvalue weighted by Gasteiger charge is -2.41. The van der Waals surface area contributed by atoms with Crippen molar-refractivity contribution in [2.45, 2.75) is 38.1 Å². The van der Waals surface area contributed by atoms with Crippen molar-refractivity contribution >= 4 is 22.8 Å². The molecule has 0 spiro atoms. The van der Waals surface area contributed by atoms with Crippen LogP contribution in [-0.2, 0) is 10.3 Å². The van der Waals surface area contributed by atoms with E-state index < -0.39 is 11.5 Å². The quantitative estimate of drug-likeness (QED) is 0.735. The van der Waals surface area contributed by atoms with Crippen molar-refractivity contribution in [3.63, 3.8) is 0 Å². The van der Waals surface area contributed by atoms with E-state index in [1.165, 1.54) is 10.5 Å². The minimum absolute atomic E-state index is 0.0522. The summed E-state index contributed by atoms with van der Waals surface area (Å²) in [5, 5.41) is 1.01. The molecular formula is C24H26N4O. The lowest BCUT2D eigenvalue weighted by molar-refractivity contribution is -0.130. The summed E-state index contributed by atoms with van der Waals surface area (Å²) in [6.07, 6.45) is 1.78. The molecule has 2 heterocycles. The number of carbonyl (C=O) groups excluding carboxylic acids is 1. The molecule has 4 rings (SSSR count). The van der Waals surface area contributed by atoms with Gasteiger partial charge in [-0.3, -0.25) is 14.7 Å². The zero-order valence-corrected chi connectivity index (χ0v) is 17.3. The average molecular weight is 386 g/mol. The number of nitrogens with zero attached hydrogens (tertiary/aromatic N) is 3. The summed E-state index contributed by atoms with van der Waals surface area (Å²) in [5.74, 6) is 0.152. The Morgan fingerprint density at radius 2 is 1.83 bits per heavy atom. The van der Waals surface area contributed by atoms with Crippen LogP contribution in [0.1, 0.15) is 49.3 Å². The molecule has 5 heteroatoms. The van der Waals surface area contributed by atoms with Gasteiger partial charge in [0.05, 0.1) is 11.4 Å². The number of hydrogen-bond donors (Lipinski definition) is 1. The van der Waals surface area contributed by atoms with Crippen LogP contribution in [0.25, 0.3) is 10.9 Å². The van der Waals surface area contributed by atoms with Crippen molar-refractivity contribution in [2.75, 3.05) is 7.05 Å². The van der Waals surface area contributed by atoms with Gasteiger partial charge in [-0.2, -0.15) is 0 Å². The fourth-order valence-corrected chi connectivity index (χ4v) is 4.09. The SMILES string of the molecule is CC(C)c1ccc([C@@H]2C(=O)N(C)C(N)=N[C@]2(C)c2ccc3ncccc3c2)cc1. The second-order valence-electron chi connectivity index (χ2n) is 8.18. The molecule has 1 amide bonds. The first kappa shape index (κ1) is 19.1. The molecule has 5 nitrogen and oxygen atoms in total. The molecule has 2 N–H and O–H groups in total. The van der Waals surface area contributed by atoms with E-state index in [1.807, 2.05) is 43.3 Å². The number of likely N-dealkylation sites (N-methyl/N-ethyl adjacent to an activating group) is 1. The van der Waals surface area contributed by atoms with Crippen LogP contribution in [0.3, 0.4) is 0 Å². The van der Waals surface area contributed by atoms with E-state index >= 15 is 0 Å². The fraction of sp³-hybridized carbons (Fsp3) is 0.292. The highest BCUT2D eigenvalue weighted by Crippen LogP contribution is 2.44. The van der Waals surface area contributed by atoms with E-state index in [-0.39, 0.29) is 11.9 Å². The Morgan fingerprint density at radius 3 is 2.52 bits per heavy atom. The number of rotatable bonds is 3. The topological polar surface area (TPSA) is 71.6 Å². The highest BCUT2D eigenvalue weighted by atomic mass is 16.2. The Hall–Kier alpha value is -3.21. The first-order chi connectivity index (χ1) is 13.8. The second kappa shape index (κ2) is 6.99. The number of guanidine groups is 1. The molecule has 1 aromatic heterocycles. The van der Waals surface area contributed by atoms with Crippen LogP contribution in [0.5, 0.6) is 0 Å². The van der Waals surface area contributed by atoms with Gasteiger partial charge in [-0.15, -0.1) is 0 Å². The lowest BCUT2D eigenvalue weighted by Crippen LogP contribution is -2.52. The van der Waals surface area contributed by atoms with Crippen LogP contribution in [0.4, 0.5) is 0 Å². The number of hydrogen-bond acceptors (Lipinski definition) is 4. The Morgan fingerprint density at radius 1 is 1.10 bits per heavy atom. The van der Waals surface area contributed by atoms with E-state index in [2.05, 4.69) is 37.0 Å². The maximum Gasteiger partial charge on any atom is 0.239 e. The van der Waals surface area contributed by atoms with Gasteiger partial charge in [0.1, 0.15) is 5.54 Å². The van der Waals surface area contributed by atoms with Gasteiger partial charge in [0.15, 0.2) is 5.96 Å². The predicted molar refractivity (Wildman–Crippen MR) is 117 cm³/mol. The maximum absolute atomic E-state index is 13.4. The highest BCUT2D eigenvalue weighted by Gasteiger charge is 2.47. The van der Waals surface area contributed by atoms with Gasteiger partial charge in [-0.25, -0.2) is 4.99 Å². The van der Waals surface area contributed by atoms with Crippen LogP contribution in [0, 0.1) is 0 Å². The average Bonchev–Trinajstić information content (AvgIpc) is 2.72. The Labute approximate surface area is 171 Å². The monoisotopic (exact) mass is 386 g/mol. The van der Waals surface area contributed by atoms with Crippen molar-refractivity contribution in [3.8, 4) is 0 Å². The van der Waals surface area contributed by atoms with Crippen LogP contribution in [-0.4, -0.2) is 28.8 Å². The number of pyridine rings is 1. The van der Waals surface area contributed by atoms with Crippen molar-refractivity contribution in [2.24, 2.45) is 10.7 Å². The van der Waals surface area contributed by atoms with Crippen molar-refractivity contribution in [3.05, 3.63) is 77.5 Å². The summed E-state index contributed by atoms with van der Waals surface area (Å²) in [7, 11) is 1.68. The molecule has 2 atom stereocenters. The van der Waals surface area contributed by atoms with Crippen molar-refractivity contribution in [1.29, 1.82) is 0 Å². The third-order valence-corrected chi connectivity index (χ3v) is 5.95. The molecular weight excluding hydrogens is 360 g/mol. The number of aliphatic imine (C=N–C) groups is 1. The molecule has 2 aromatic carbocycles. The minimum atomic E-state index is -0.808. The molecule has 148 valence electrons. The third-order valence-electron chi connectivity index (χ3n) is 5.95. The van der Waals surface area contributed by atoms with Gasteiger partial charge in [0.25, 0.3) is 0 Å². The fourth-order valence-electron chi connectivity index (χ4n) is 4.09. The molecule has 0 aliphatic carbocycles. The summed E-state index contributed by atoms with van der Waals surface area (Å²) >= 11 is 0. The molecule has 3 aromatic rings. The van der Waals surface area contributed by atoms with E-state index in [0.29, 0.717) is 5.92 Å². The van der Waals surface area contributed by atoms with Crippen LogP contribution >= 0.6 is 0 Å². The third kappa shape index (κ3) is 3.16. The van der Waals surface area contributed by atoms with Gasteiger partial charge in [-0.1, -0.05) is 50.2 Å². The molecule has 0 unspecified atom stereocenters. The second-order valence-corrected chi connectivity index (χ2v) is 8.18. The highest BCUT2D eigenvalue weighted by molar-refractivity contribution is 6.02. The Balaban J connectivity index is 1.89. The zero-order valence-electron chi connectivity index (χ0n) is 17.3. The smallest absolute Gasteiger partial charge is 0.239 e. The molecule has 0 saturated heterocycles. The van der Waals surface area contributed by atoms with E-state index in [4.69, 9.17) is 10.7 Å². The maximum atomic E-state index is 13.4. The van der Waals surface area contributed by atoms with E-state index in [9.17, 15) is 4.79 Å². The predicted octanol–water partition coefficient (Wildman–Crippen LogP) is 4.14. The molecule has 0 saturated carbocycles. The summed E-state index contributed by atoms with van der Waals surface area (Å²) in [6.45, 7) is 6.31. The van der Waals surface area contributed by atoms with Crippen LogP contribution in [0.2, 0.25) is 0 Å². The van der Waals surface area contributed by atoms with Crippen molar-refractivity contribution in [1.82, 2.24) is 9.88 Å². The zero-order chi connectivity index (χ0) is 20.8. The largest absolute Gasteiger partial charge is 0.369 e. The van der Waals surface area contributed by atoms with Gasteiger partial charge < -0.3 is 5.73 Å². The number of carbonyl (C=O) groups is 1. The molecule has 0 radical (unpaired) electrons.